The first-order valence-corrected chi connectivity index (χ1v) is 13.8. The second-order valence-electron chi connectivity index (χ2n) is 9.40. The molecule has 0 aliphatic rings. The van der Waals surface area contributed by atoms with E-state index in [1.807, 2.05) is 69.5 Å². The largest absolute Gasteiger partial charge is 0.859 e. The van der Waals surface area contributed by atoms with Crippen LogP contribution in [0.25, 0.3) is 60.6 Å². The first kappa shape index (κ1) is 32.0. The Balaban J connectivity index is 0.000000968. The molecule has 0 aliphatic carbocycles. The predicted octanol–water partition coefficient (Wildman–Crippen LogP) is 7.19. The fourth-order valence-corrected chi connectivity index (χ4v) is 7.80. The Morgan fingerprint density at radius 1 is 0.780 bits per heavy atom. The van der Waals surface area contributed by atoms with Gasteiger partial charge in [0, 0.05) is 111 Å². The Labute approximate surface area is 295 Å². The maximum absolute atomic E-state index is 14.5. The molecule has 0 saturated heterocycles. The summed E-state index contributed by atoms with van der Waals surface area (Å²) in [6, 6.07) is 23.9. The third kappa shape index (κ3) is 4.24. The van der Waals surface area contributed by atoms with Crippen LogP contribution in [0.2, 0.25) is 0 Å². The molecule has 41 heavy (non-hydrogen) atoms. The second-order valence-corrected chi connectivity index (χ2v) is 11.7. The van der Waals surface area contributed by atoms with Gasteiger partial charge in [0.1, 0.15) is 0 Å². The Bertz CT molecular complexity index is 2420. The number of nitrogens with zero attached hydrogens (tertiary/aromatic N) is 2. The van der Waals surface area contributed by atoms with Crippen molar-refractivity contribution in [1.29, 1.82) is 0 Å². The zero-order valence-electron chi connectivity index (χ0n) is 23.0. The van der Waals surface area contributed by atoms with Crippen LogP contribution in [0.3, 0.4) is 0 Å². The SMILES string of the molecule is C=c1ccc(=c2c(=O)n3c4ccccc4c4c(-c5ccc(CC)s5)c([O-])n5c6ccccc6c2c5c43)s1.[CH3-].[CH3-].[Y].[Y]. The molecule has 8 heteroatoms. The van der Waals surface area contributed by atoms with Gasteiger partial charge in [-0.2, -0.15) is 0 Å². The number of rotatable bonds is 2. The number of aryl methyl sites for hydroxylation is 1. The molecule has 2 radical (unpaired) electrons. The first-order chi connectivity index (χ1) is 18.1. The van der Waals surface area contributed by atoms with E-state index < -0.39 is 0 Å². The van der Waals surface area contributed by atoms with Crippen molar-refractivity contribution in [3.05, 3.63) is 117 Å². The second kappa shape index (κ2) is 11.6. The Hall–Kier alpha value is -1.92. The summed E-state index contributed by atoms with van der Waals surface area (Å²) < 4.78 is 5.44. The molecule has 0 fully saturated rings. The maximum atomic E-state index is 14.5. The van der Waals surface area contributed by atoms with E-state index in [0.717, 1.165) is 64.0 Å². The third-order valence-corrected chi connectivity index (χ3v) is 9.68. The first-order valence-electron chi connectivity index (χ1n) is 12.2. The molecule has 2 aromatic carbocycles. The fourth-order valence-electron chi connectivity index (χ4n) is 5.97. The summed E-state index contributed by atoms with van der Waals surface area (Å²) in [5, 5.41) is 18.7. The Kier molecular flexibility index (Phi) is 9.08. The molecule has 200 valence electrons. The smallest absolute Gasteiger partial charge is 0.265 e. The minimum atomic E-state index is -0.0659. The van der Waals surface area contributed by atoms with E-state index in [0.29, 0.717) is 10.8 Å². The monoisotopic (exact) mass is 723 g/mol. The van der Waals surface area contributed by atoms with E-state index in [1.165, 1.54) is 16.2 Å². The molecule has 0 bridgehead atoms. The zero-order valence-corrected chi connectivity index (χ0v) is 30.3. The van der Waals surface area contributed by atoms with Crippen LogP contribution in [0.5, 0.6) is 5.88 Å². The van der Waals surface area contributed by atoms with Crippen molar-refractivity contribution in [2.45, 2.75) is 13.3 Å². The van der Waals surface area contributed by atoms with Gasteiger partial charge in [0.2, 0.25) is 0 Å². The van der Waals surface area contributed by atoms with Gasteiger partial charge in [-0.15, -0.1) is 22.7 Å². The average molecular weight is 724 g/mol. The van der Waals surface area contributed by atoms with Crippen molar-refractivity contribution in [3.8, 4) is 16.3 Å². The Morgan fingerprint density at radius 3 is 2.00 bits per heavy atom. The number of thiophene rings is 2. The molecule has 0 N–H and O–H groups in total. The van der Waals surface area contributed by atoms with Crippen molar-refractivity contribution < 1.29 is 70.5 Å². The van der Waals surface area contributed by atoms with Gasteiger partial charge in [-0.25, -0.2) is 0 Å². The van der Waals surface area contributed by atoms with Crippen LogP contribution in [0.1, 0.15) is 11.8 Å². The van der Waals surface area contributed by atoms with E-state index in [1.54, 1.807) is 11.3 Å². The molecular weight excluding hydrogens is 698 g/mol. The number of aromatic nitrogens is 2. The minimum Gasteiger partial charge on any atom is -0.859 e. The van der Waals surface area contributed by atoms with Gasteiger partial charge < -0.3 is 24.4 Å². The van der Waals surface area contributed by atoms with Gasteiger partial charge in [-0.05, 0) is 48.7 Å². The fraction of sp³-hybridized carbons (Fsp3) is 0.0606. The van der Waals surface area contributed by atoms with E-state index in [9.17, 15) is 9.90 Å². The molecule has 0 unspecified atom stereocenters. The summed E-state index contributed by atoms with van der Waals surface area (Å²) in [6.45, 7) is 6.21. The van der Waals surface area contributed by atoms with E-state index in [-0.39, 0.29) is 91.7 Å². The van der Waals surface area contributed by atoms with Crippen LogP contribution in [-0.2, 0) is 71.8 Å². The number of fused-ring (bicyclic) bond motifs is 6. The van der Waals surface area contributed by atoms with Gasteiger partial charge in [0.05, 0.1) is 27.3 Å². The Morgan fingerprint density at radius 2 is 1.39 bits per heavy atom. The summed E-state index contributed by atoms with van der Waals surface area (Å²) >= 11 is 3.16. The molecule has 8 aromatic rings. The van der Waals surface area contributed by atoms with E-state index in [2.05, 4.69) is 25.6 Å². The normalized spacial score (nSPS) is 12.0. The standard InChI is InChI=1S/C31H20N2O2S2.2CH3.2Y/c1-3-17-13-15-23(37-17)27-25-19-9-5-7-11-21(19)32-29(25)28-24(26(30(32)34)22-14-12-16(2)36-22)18-8-4-6-10-20(18)33(28)31(27)35;;;;/h4-15,35H,2-3H2,1H3;2*1H3;;/q;2*-1;;/p-1. The van der Waals surface area contributed by atoms with Crippen molar-refractivity contribution in [1.82, 2.24) is 8.80 Å². The van der Waals surface area contributed by atoms with Crippen LogP contribution < -0.4 is 15.2 Å². The molecule has 0 aliphatic heterocycles. The summed E-state index contributed by atoms with van der Waals surface area (Å²) in [7, 11) is 0. The zero-order chi connectivity index (χ0) is 25.0. The third-order valence-electron chi connectivity index (χ3n) is 7.47. The van der Waals surface area contributed by atoms with Gasteiger partial charge in [-0.1, -0.05) is 49.9 Å². The van der Waals surface area contributed by atoms with E-state index in [4.69, 9.17) is 0 Å². The van der Waals surface area contributed by atoms with Crippen LogP contribution in [-0.4, -0.2) is 8.80 Å². The number of para-hydroxylation sites is 2. The molecule has 0 spiro atoms. The minimum absolute atomic E-state index is 0. The van der Waals surface area contributed by atoms with Gasteiger partial charge >= 0.3 is 0 Å². The number of hydrogen-bond donors (Lipinski definition) is 0. The van der Waals surface area contributed by atoms with Crippen LogP contribution in [0, 0.1) is 24.6 Å². The quantitative estimate of drug-likeness (QED) is 0.178. The number of benzene rings is 2. The summed E-state index contributed by atoms with van der Waals surface area (Å²) in [6.07, 6.45) is 0.911. The summed E-state index contributed by atoms with van der Waals surface area (Å²) in [5.41, 5.74) is 3.87. The molecule has 0 atom stereocenters. The molecule has 4 nitrogen and oxygen atoms in total. The molecule has 0 amide bonds. The van der Waals surface area contributed by atoms with Crippen LogP contribution in [0.4, 0.5) is 0 Å². The number of hydrogen-bond acceptors (Lipinski definition) is 4. The van der Waals surface area contributed by atoms with Gasteiger partial charge in [0.25, 0.3) is 5.56 Å². The van der Waals surface area contributed by atoms with E-state index >= 15 is 0 Å². The average Bonchev–Trinajstić information content (AvgIpc) is 3.69. The number of pyridine rings is 2. The maximum Gasteiger partial charge on any atom is 0.265 e. The van der Waals surface area contributed by atoms with Gasteiger partial charge in [0.15, 0.2) is 0 Å². The summed E-state index contributed by atoms with van der Waals surface area (Å²) in [5.74, 6) is -0.0462. The van der Waals surface area contributed by atoms with Crippen LogP contribution >= 0.6 is 22.7 Å². The topological polar surface area (TPSA) is 49.0 Å². The van der Waals surface area contributed by atoms with Gasteiger partial charge in [-0.3, -0.25) is 9.20 Å². The van der Waals surface area contributed by atoms with Crippen molar-refractivity contribution >= 4 is 72.9 Å². The molecule has 8 rings (SSSR count). The molecule has 6 heterocycles. The predicted molar refractivity (Wildman–Crippen MR) is 166 cm³/mol. The molecule has 6 aromatic heterocycles. The summed E-state index contributed by atoms with van der Waals surface area (Å²) in [4.78, 5) is 16.6. The van der Waals surface area contributed by atoms with Crippen LogP contribution in [0.15, 0.2) is 77.6 Å². The van der Waals surface area contributed by atoms with Crippen molar-refractivity contribution in [3.63, 3.8) is 0 Å². The van der Waals surface area contributed by atoms with Crippen molar-refractivity contribution in [2.24, 2.45) is 0 Å². The molecule has 0 saturated carbocycles. The molecular formula is C33H25N2O2S2Y2-3. The van der Waals surface area contributed by atoms with Crippen molar-refractivity contribution in [2.75, 3.05) is 0 Å².